The van der Waals surface area contributed by atoms with E-state index in [4.69, 9.17) is 0 Å². The smallest absolute Gasteiger partial charge is 0.228 e. The number of nitrogens with one attached hydrogen (secondary N) is 1. The molecule has 0 spiro atoms. The van der Waals surface area contributed by atoms with Crippen LogP contribution >= 0.6 is 11.5 Å². The van der Waals surface area contributed by atoms with Crippen LogP contribution in [-0.2, 0) is 4.79 Å². The predicted molar refractivity (Wildman–Crippen MR) is 142 cm³/mol. The molecular formula is C29H33N5OS. The van der Waals surface area contributed by atoms with E-state index >= 15 is 0 Å². The summed E-state index contributed by atoms with van der Waals surface area (Å²) in [6.45, 7) is 4.91. The Bertz CT molecular complexity index is 1310. The van der Waals surface area contributed by atoms with Gasteiger partial charge < -0.3 is 9.88 Å². The number of anilines is 1. The zero-order valence-corrected chi connectivity index (χ0v) is 21.7. The molecule has 186 valence electrons. The van der Waals surface area contributed by atoms with Crippen molar-refractivity contribution in [2.24, 2.45) is 34.5 Å². The first-order valence-corrected chi connectivity index (χ1v) is 14.2. The largest absolute Gasteiger partial charge is 0.328 e. The van der Waals surface area contributed by atoms with E-state index in [1.807, 2.05) is 35.8 Å². The average molecular weight is 500 g/mol. The molecule has 0 saturated heterocycles. The number of carbonyl (C=O) groups excluding carboxylic acids is 1. The maximum atomic E-state index is 13.6. The first-order chi connectivity index (χ1) is 17.5. The SMILES string of the molecule is C[C@]12CC[C@H]3[C@@H](CCC4n5ccnc5C=C[C@@]43C)[C@@H]1CC[C@@H]2C(=O)Nc1ccc(-c2csnn2)cc1. The van der Waals surface area contributed by atoms with Crippen LogP contribution in [0.25, 0.3) is 17.3 Å². The van der Waals surface area contributed by atoms with Crippen LogP contribution in [0.3, 0.4) is 0 Å². The van der Waals surface area contributed by atoms with E-state index in [0.717, 1.165) is 35.6 Å². The van der Waals surface area contributed by atoms with Crippen molar-refractivity contribution in [1.82, 2.24) is 19.1 Å². The van der Waals surface area contributed by atoms with Gasteiger partial charge in [-0.3, -0.25) is 4.79 Å². The van der Waals surface area contributed by atoms with Crippen molar-refractivity contribution < 1.29 is 4.79 Å². The standard InChI is InChI=1S/C29H33N5OS/c1-28-13-11-22-20(7-10-25-29(22,2)14-12-26-30-15-16-34(25)26)21(28)8-9-23(28)27(35)31-19-5-3-18(4-6-19)24-17-36-33-32-24/h3-6,12,14-17,20-23,25H,7-11,13H2,1-2H3,(H,31,35)/t20-,21-,22-,23+,25?,28-,29+/m0/s1. The molecule has 1 aromatic carbocycles. The molecule has 36 heavy (non-hydrogen) atoms. The maximum Gasteiger partial charge on any atom is 0.228 e. The van der Waals surface area contributed by atoms with Gasteiger partial charge in [0.2, 0.25) is 5.91 Å². The summed E-state index contributed by atoms with van der Waals surface area (Å²) in [4.78, 5) is 18.1. The Morgan fingerprint density at radius 2 is 1.94 bits per heavy atom. The van der Waals surface area contributed by atoms with Crippen LogP contribution in [0.5, 0.6) is 0 Å². The number of hydrogen-bond acceptors (Lipinski definition) is 5. The Balaban J connectivity index is 1.09. The zero-order chi connectivity index (χ0) is 24.5. The number of imidazole rings is 1. The second-order valence-electron chi connectivity index (χ2n) is 11.9. The number of carbonyl (C=O) groups is 1. The van der Waals surface area contributed by atoms with Crippen molar-refractivity contribution in [1.29, 1.82) is 0 Å². The summed E-state index contributed by atoms with van der Waals surface area (Å²) in [6, 6.07) is 8.51. The summed E-state index contributed by atoms with van der Waals surface area (Å²) >= 11 is 1.35. The van der Waals surface area contributed by atoms with Crippen LogP contribution in [-0.4, -0.2) is 25.0 Å². The minimum Gasteiger partial charge on any atom is -0.328 e. The highest BCUT2D eigenvalue weighted by atomic mass is 32.1. The summed E-state index contributed by atoms with van der Waals surface area (Å²) in [5.74, 6) is 3.38. The van der Waals surface area contributed by atoms with Crippen LogP contribution in [0.2, 0.25) is 0 Å². The lowest BCUT2D eigenvalue weighted by Gasteiger charge is -2.59. The molecule has 4 aliphatic rings. The third kappa shape index (κ3) is 3.21. The number of benzene rings is 1. The maximum absolute atomic E-state index is 13.6. The van der Waals surface area contributed by atoms with Crippen LogP contribution in [0.15, 0.2) is 48.1 Å². The molecule has 0 radical (unpaired) electrons. The van der Waals surface area contributed by atoms with Gasteiger partial charge in [-0.15, -0.1) is 5.10 Å². The van der Waals surface area contributed by atoms with Gasteiger partial charge in [0.05, 0.1) is 0 Å². The summed E-state index contributed by atoms with van der Waals surface area (Å²) in [7, 11) is 0. The average Bonchev–Trinajstić information content (AvgIpc) is 3.63. The molecule has 3 aromatic rings. The highest BCUT2D eigenvalue weighted by Crippen LogP contribution is 2.67. The fraction of sp³-hybridized carbons (Fsp3) is 0.517. The van der Waals surface area contributed by atoms with Gasteiger partial charge >= 0.3 is 0 Å². The van der Waals surface area contributed by atoms with Crippen molar-refractivity contribution in [3.8, 4) is 11.3 Å². The lowest BCUT2D eigenvalue weighted by atomic mass is 9.48. The number of amides is 1. The van der Waals surface area contributed by atoms with Gasteiger partial charge in [0, 0.05) is 46.4 Å². The van der Waals surface area contributed by atoms with Crippen molar-refractivity contribution in [2.75, 3.05) is 5.32 Å². The number of allylic oxidation sites excluding steroid dienone is 1. The molecular weight excluding hydrogens is 466 g/mol. The second kappa shape index (κ2) is 8.10. The fourth-order valence-electron chi connectivity index (χ4n) is 8.69. The van der Waals surface area contributed by atoms with Gasteiger partial charge in [0.15, 0.2) is 0 Å². The summed E-state index contributed by atoms with van der Waals surface area (Å²) in [6.07, 6.45) is 15.8. The molecule has 7 atom stereocenters. The molecule has 1 unspecified atom stereocenters. The van der Waals surface area contributed by atoms with Crippen LogP contribution < -0.4 is 5.32 Å². The van der Waals surface area contributed by atoms with Gasteiger partial charge in [-0.2, -0.15) is 0 Å². The van der Waals surface area contributed by atoms with Crippen molar-refractivity contribution in [3.63, 3.8) is 0 Å². The zero-order valence-electron chi connectivity index (χ0n) is 20.9. The molecule has 3 saturated carbocycles. The van der Waals surface area contributed by atoms with Gasteiger partial charge in [-0.05, 0) is 91.4 Å². The van der Waals surface area contributed by atoms with E-state index < -0.39 is 0 Å². The second-order valence-corrected chi connectivity index (χ2v) is 12.5. The van der Waals surface area contributed by atoms with E-state index in [-0.39, 0.29) is 22.7 Å². The lowest BCUT2D eigenvalue weighted by Crippen LogP contribution is -2.53. The normalized spacial score (nSPS) is 36.4. The van der Waals surface area contributed by atoms with E-state index in [2.05, 4.69) is 56.7 Å². The fourth-order valence-corrected chi connectivity index (χ4v) is 9.16. The molecule has 3 aliphatic carbocycles. The van der Waals surface area contributed by atoms with Crippen LogP contribution in [0.4, 0.5) is 5.69 Å². The van der Waals surface area contributed by atoms with E-state index in [0.29, 0.717) is 23.8 Å². The lowest BCUT2D eigenvalue weighted by molar-refractivity contribution is -0.127. The minimum absolute atomic E-state index is 0.0820. The van der Waals surface area contributed by atoms with Crippen molar-refractivity contribution in [2.45, 2.75) is 58.4 Å². The van der Waals surface area contributed by atoms with Crippen molar-refractivity contribution in [3.05, 3.63) is 53.9 Å². The number of fused-ring (bicyclic) bond motifs is 7. The third-order valence-electron chi connectivity index (χ3n) is 10.5. The molecule has 2 aromatic heterocycles. The highest BCUT2D eigenvalue weighted by Gasteiger charge is 2.61. The van der Waals surface area contributed by atoms with Gasteiger partial charge in [-0.25, -0.2) is 4.98 Å². The molecule has 7 rings (SSSR count). The number of rotatable bonds is 3. The monoisotopic (exact) mass is 499 g/mol. The van der Waals surface area contributed by atoms with Crippen LogP contribution in [0, 0.1) is 34.5 Å². The van der Waals surface area contributed by atoms with E-state index in [1.54, 1.807) is 0 Å². The molecule has 7 heteroatoms. The number of nitrogens with zero attached hydrogens (tertiary/aromatic N) is 4. The Morgan fingerprint density at radius 3 is 2.75 bits per heavy atom. The molecule has 6 nitrogen and oxygen atoms in total. The Labute approximate surface area is 216 Å². The Morgan fingerprint density at radius 1 is 1.08 bits per heavy atom. The molecule has 1 amide bonds. The summed E-state index contributed by atoms with van der Waals surface area (Å²) in [5, 5.41) is 9.33. The van der Waals surface area contributed by atoms with Gasteiger partial charge in [0.1, 0.15) is 11.5 Å². The quantitative estimate of drug-likeness (QED) is 0.448. The predicted octanol–water partition coefficient (Wildman–Crippen LogP) is 6.47. The topological polar surface area (TPSA) is 72.7 Å². The summed E-state index contributed by atoms with van der Waals surface area (Å²) in [5.41, 5.74) is 3.02. The first kappa shape index (κ1) is 22.4. The van der Waals surface area contributed by atoms with E-state index in [1.165, 1.54) is 37.2 Å². The highest BCUT2D eigenvalue weighted by molar-refractivity contribution is 7.03. The van der Waals surface area contributed by atoms with Gasteiger partial charge in [-0.1, -0.05) is 36.5 Å². The van der Waals surface area contributed by atoms with Crippen molar-refractivity contribution >= 4 is 29.2 Å². The molecule has 1 N–H and O–H groups in total. The van der Waals surface area contributed by atoms with E-state index in [9.17, 15) is 4.79 Å². The first-order valence-electron chi connectivity index (χ1n) is 13.4. The number of aromatic nitrogens is 4. The summed E-state index contributed by atoms with van der Waals surface area (Å²) < 4.78 is 6.37. The molecule has 0 bridgehead atoms. The minimum atomic E-state index is 0.0820. The third-order valence-corrected chi connectivity index (χ3v) is 11.0. The van der Waals surface area contributed by atoms with Gasteiger partial charge in [0.25, 0.3) is 0 Å². The Hall–Kier alpha value is -2.80. The van der Waals surface area contributed by atoms with Crippen LogP contribution in [0.1, 0.15) is 64.2 Å². The Kier molecular flexibility index (Phi) is 5.04. The molecule has 3 heterocycles. The molecule has 1 aliphatic heterocycles. The number of hydrogen-bond donors (Lipinski definition) is 1. The molecule has 3 fully saturated rings.